The van der Waals surface area contributed by atoms with E-state index in [4.69, 9.17) is 0 Å². The minimum atomic E-state index is -0.213. The summed E-state index contributed by atoms with van der Waals surface area (Å²) < 4.78 is 0. The van der Waals surface area contributed by atoms with E-state index in [1.54, 1.807) is 0 Å². The molecule has 2 aromatic rings. The molecule has 2 aromatic carbocycles. The molecule has 0 aliphatic rings. The smallest absolute Gasteiger partial charge is 0.308 e. The maximum atomic E-state index is 12.1. The van der Waals surface area contributed by atoms with Gasteiger partial charge in [-0.15, -0.1) is 0 Å². The van der Waals surface area contributed by atoms with Crippen LogP contribution < -0.4 is 10.6 Å². The van der Waals surface area contributed by atoms with Crippen molar-refractivity contribution in [2.45, 2.75) is 39.5 Å². The number of hydrogen-bond donors (Lipinski definition) is 2. The number of carbonyl (C=O) groups is 1. The largest absolute Gasteiger partial charge is 0.323 e. The normalized spacial score (nSPS) is 11.8. The van der Waals surface area contributed by atoms with Crippen LogP contribution in [0.25, 0.3) is 0 Å². The topological polar surface area (TPSA) is 41.1 Å². The van der Waals surface area contributed by atoms with Crippen molar-refractivity contribution in [2.24, 2.45) is 0 Å². The van der Waals surface area contributed by atoms with E-state index in [0.717, 1.165) is 29.8 Å². The molecule has 0 spiro atoms. The zero-order valence-electron chi connectivity index (χ0n) is 13.5. The Balaban J connectivity index is 2.03. The van der Waals surface area contributed by atoms with Crippen LogP contribution in [-0.2, 0) is 0 Å². The average Bonchev–Trinajstić information content (AvgIpc) is 2.50. The van der Waals surface area contributed by atoms with Crippen LogP contribution in [0.15, 0.2) is 48.5 Å². The maximum absolute atomic E-state index is 12.1. The minimum absolute atomic E-state index is 0.213. The van der Waals surface area contributed by atoms with Gasteiger partial charge in [0.1, 0.15) is 0 Å². The highest BCUT2D eigenvalue weighted by Crippen LogP contribution is 2.23. The molecule has 0 saturated carbocycles. The molecule has 0 radical (unpaired) electrons. The molecule has 2 amide bonds. The number of nitrogens with one attached hydrogen (secondary N) is 2. The van der Waals surface area contributed by atoms with E-state index < -0.39 is 0 Å². The summed E-state index contributed by atoms with van der Waals surface area (Å²) >= 11 is 0. The van der Waals surface area contributed by atoms with Gasteiger partial charge in [0.05, 0.1) is 0 Å². The number of hydrogen-bond acceptors (Lipinski definition) is 1. The SMILES string of the molecule is CCCC(C)c1cccc(NC(=O)Nc2ccccc2C)c1. The van der Waals surface area contributed by atoms with E-state index >= 15 is 0 Å². The second-order valence-corrected chi connectivity index (χ2v) is 5.71. The van der Waals surface area contributed by atoms with Crippen molar-refractivity contribution in [1.82, 2.24) is 0 Å². The Bertz CT molecular complexity index is 637. The van der Waals surface area contributed by atoms with E-state index in [1.807, 2.05) is 43.3 Å². The summed E-state index contributed by atoms with van der Waals surface area (Å²) in [6.07, 6.45) is 2.31. The Morgan fingerprint density at radius 2 is 1.86 bits per heavy atom. The third-order valence-corrected chi connectivity index (χ3v) is 3.83. The van der Waals surface area contributed by atoms with Gasteiger partial charge in [-0.2, -0.15) is 0 Å². The predicted octanol–water partition coefficient (Wildman–Crippen LogP) is 5.54. The number of rotatable bonds is 5. The summed E-state index contributed by atoms with van der Waals surface area (Å²) in [5, 5.41) is 5.79. The number of para-hydroxylation sites is 1. The van der Waals surface area contributed by atoms with Crippen LogP contribution in [0.1, 0.15) is 43.7 Å². The quantitative estimate of drug-likeness (QED) is 0.747. The molecule has 0 saturated heterocycles. The zero-order valence-corrected chi connectivity index (χ0v) is 13.5. The highest BCUT2D eigenvalue weighted by Gasteiger charge is 2.08. The lowest BCUT2D eigenvalue weighted by atomic mass is 9.96. The first-order chi connectivity index (χ1) is 10.6. The Labute approximate surface area is 132 Å². The summed E-state index contributed by atoms with van der Waals surface area (Å²) in [7, 11) is 0. The fourth-order valence-electron chi connectivity index (χ4n) is 2.52. The van der Waals surface area contributed by atoms with E-state index in [2.05, 4.69) is 36.6 Å². The molecule has 2 N–H and O–H groups in total. The summed E-state index contributed by atoms with van der Waals surface area (Å²) in [5.74, 6) is 0.506. The molecule has 0 aliphatic heterocycles. The minimum Gasteiger partial charge on any atom is -0.308 e. The van der Waals surface area contributed by atoms with Gasteiger partial charge in [0, 0.05) is 11.4 Å². The standard InChI is InChI=1S/C19H24N2O/c1-4-8-14(2)16-10-7-11-17(13-16)20-19(22)21-18-12-6-5-9-15(18)3/h5-7,9-14H,4,8H2,1-3H3,(H2,20,21,22). The Morgan fingerprint density at radius 3 is 2.59 bits per heavy atom. The summed E-state index contributed by atoms with van der Waals surface area (Å²) in [6, 6.07) is 15.6. The molecule has 0 bridgehead atoms. The summed E-state index contributed by atoms with van der Waals surface area (Å²) in [6.45, 7) is 6.38. The molecule has 1 unspecified atom stereocenters. The van der Waals surface area contributed by atoms with Gasteiger partial charge in [0.15, 0.2) is 0 Å². The van der Waals surface area contributed by atoms with Crippen LogP contribution in [0.5, 0.6) is 0 Å². The fraction of sp³-hybridized carbons (Fsp3) is 0.316. The fourth-order valence-corrected chi connectivity index (χ4v) is 2.52. The third kappa shape index (κ3) is 4.35. The van der Waals surface area contributed by atoms with E-state index in [9.17, 15) is 4.79 Å². The maximum Gasteiger partial charge on any atom is 0.323 e. The van der Waals surface area contributed by atoms with Gasteiger partial charge in [0.25, 0.3) is 0 Å². The monoisotopic (exact) mass is 296 g/mol. The number of carbonyl (C=O) groups excluding carboxylic acids is 1. The molecule has 0 aromatic heterocycles. The third-order valence-electron chi connectivity index (χ3n) is 3.83. The number of amides is 2. The van der Waals surface area contributed by atoms with E-state index in [1.165, 1.54) is 5.56 Å². The second kappa shape index (κ2) is 7.64. The molecule has 2 rings (SSSR count). The average molecular weight is 296 g/mol. The van der Waals surface area contributed by atoms with E-state index in [-0.39, 0.29) is 6.03 Å². The van der Waals surface area contributed by atoms with Crippen LogP contribution >= 0.6 is 0 Å². The number of urea groups is 1. The summed E-state index contributed by atoms with van der Waals surface area (Å²) in [5.41, 5.74) is 3.96. The highest BCUT2D eigenvalue weighted by molar-refractivity contribution is 6.00. The van der Waals surface area contributed by atoms with Crippen molar-refractivity contribution < 1.29 is 4.79 Å². The van der Waals surface area contributed by atoms with Gasteiger partial charge < -0.3 is 10.6 Å². The van der Waals surface area contributed by atoms with Crippen LogP contribution in [0.4, 0.5) is 16.2 Å². The molecule has 3 heteroatoms. The van der Waals surface area contributed by atoms with Crippen molar-refractivity contribution in [1.29, 1.82) is 0 Å². The Kier molecular flexibility index (Phi) is 5.59. The molecule has 3 nitrogen and oxygen atoms in total. The molecule has 1 atom stereocenters. The first kappa shape index (κ1) is 16.1. The Hall–Kier alpha value is -2.29. The number of anilines is 2. The lowest BCUT2D eigenvalue weighted by Gasteiger charge is -2.13. The van der Waals surface area contributed by atoms with Crippen molar-refractivity contribution in [2.75, 3.05) is 10.6 Å². The first-order valence-corrected chi connectivity index (χ1v) is 7.83. The molecule has 0 fully saturated rings. The van der Waals surface area contributed by atoms with Crippen LogP contribution in [0, 0.1) is 6.92 Å². The molecular formula is C19H24N2O. The highest BCUT2D eigenvalue weighted by atomic mass is 16.2. The van der Waals surface area contributed by atoms with Gasteiger partial charge >= 0.3 is 6.03 Å². The van der Waals surface area contributed by atoms with Crippen LogP contribution in [-0.4, -0.2) is 6.03 Å². The zero-order chi connectivity index (χ0) is 15.9. The van der Waals surface area contributed by atoms with Gasteiger partial charge in [-0.3, -0.25) is 0 Å². The predicted molar refractivity (Wildman–Crippen MR) is 93.6 cm³/mol. The molecule has 116 valence electrons. The van der Waals surface area contributed by atoms with Crippen molar-refractivity contribution in [3.63, 3.8) is 0 Å². The first-order valence-electron chi connectivity index (χ1n) is 7.83. The van der Waals surface area contributed by atoms with Crippen LogP contribution in [0.3, 0.4) is 0 Å². The van der Waals surface area contributed by atoms with E-state index in [0.29, 0.717) is 5.92 Å². The van der Waals surface area contributed by atoms with Crippen molar-refractivity contribution in [3.05, 3.63) is 59.7 Å². The summed E-state index contributed by atoms with van der Waals surface area (Å²) in [4.78, 5) is 12.1. The van der Waals surface area contributed by atoms with Gasteiger partial charge in [0.2, 0.25) is 0 Å². The molecule has 0 aliphatic carbocycles. The number of aryl methyl sites for hydroxylation is 1. The second-order valence-electron chi connectivity index (χ2n) is 5.71. The van der Waals surface area contributed by atoms with Crippen LogP contribution in [0.2, 0.25) is 0 Å². The van der Waals surface area contributed by atoms with Gasteiger partial charge in [-0.1, -0.05) is 50.6 Å². The molecule has 0 heterocycles. The van der Waals surface area contributed by atoms with Crippen molar-refractivity contribution in [3.8, 4) is 0 Å². The van der Waals surface area contributed by atoms with Gasteiger partial charge in [-0.05, 0) is 48.6 Å². The number of benzene rings is 2. The molecular weight excluding hydrogens is 272 g/mol. The van der Waals surface area contributed by atoms with Crippen molar-refractivity contribution >= 4 is 17.4 Å². The lowest BCUT2D eigenvalue weighted by molar-refractivity contribution is 0.262. The lowest BCUT2D eigenvalue weighted by Crippen LogP contribution is -2.20. The molecule has 22 heavy (non-hydrogen) atoms. The Morgan fingerprint density at radius 1 is 1.09 bits per heavy atom. The van der Waals surface area contributed by atoms with Gasteiger partial charge in [-0.25, -0.2) is 4.79 Å².